The van der Waals surface area contributed by atoms with Crippen molar-refractivity contribution in [3.63, 3.8) is 0 Å². The van der Waals surface area contributed by atoms with Crippen molar-refractivity contribution in [3.8, 4) is 0 Å². The molecule has 1 unspecified atom stereocenters. The summed E-state index contributed by atoms with van der Waals surface area (Å²) < 4.78 is 16.9. The SMILES string of the molecule is CC/C=C\C/C=C\C/C=C\C/C=C\C/C=C\C/C=C\C/C=C\CCCCCCCC(=O)OCC(COC(=O)CCCC/C=C\C/C=C\C/C=C\C/C=C\CC)OC(=O)CCCCCCCCC/C=C\CCCCCCCC. The molecule has 0 saturated carbocycles. The largest absolute Gasteiger partial charge is 0.462 e. The van der Waals surface area contributed by atoms with E-state index in [4.69, 9.17) is 14.2 Å². The first-order chi connectivity index (χ1) is 38.0. The van der Waals surface area contributed by atoms with E-state index in [0.717, 1.165) is 141 Å². The third-order valence-corrected chi connectivity index (χ3v) is 12.8. The number of carbonyl (C=O) groups is 3. The minimum Gasteiger partial charge on any atom is -0.462 e. The zero-order valence-electron chi connectivity index (χ0n) is 49.7. The molecular formula is C71H114O6. The molecule has 0 radical (unpaired) electrons. The van der Waals surface area contributed by atoms with E-state index < -0.39 is 6.10 Å². The average molecular weight is 1060 g/mol. The van der Waals surface area contributed by atoms with Gasteiger partial charge in [-0.2, -0.15) is 0 Å². The molecule has 0 rings (SSSR count). The quantitative estimate of drug-likeness (QED) is 0.0261. The highest BCUT2D eigenvalue weighted by molar-refractivity contribution is 5.71. The summed E-state index contributed by atoms with van der Waals surface area (Å²) in [5, 5.41) is 0. The number of rotatable bonds is 55. The summed E-state index contributed by atoms with van der Waals surface area (Å²) in [5.41, 5.74) is 0. The molecular weight excluding hydrogens is 949 g/mol. The van der Waals surface area contributed by atoms with Crippen LogP contribution in [-0.4, -0.2) is 37.2 Å². The van der Waals surface area contributed by atoms with Crippen molar-refractivity contribution in [2.45, 2.75) is 271 Å². The molecule has 0 aromatic heterocycles. The molecule has 0 heterocycles. The first-order valence-corrected chi connectivity index (χ1v) is 31.3. The van der Waals surface area contributed by atoms with Gasteiger partial charge in [0.2, 0.25) is 0 Å². The first-order valence-electron chi connectivity index (χ1n) is 31.3. The van der Waals surface area contributed by atoms with Crippen molar-refractivity contribution in [1.29, 1.82) is 0 Å². The predicted octanol–water partition coefficient (Wildman–Crippen LogP) is 21.5. The van der Waals surface area contributed by atoms with Crippen molar-refractivity contribution in [1.82, 2.24) is 0 Å². The number of allylic oxidation sites excluding steroid dienone is 24. The Bertz CT molecular complexity index is 1700. The van der Waals surface area contributed by atoms with Crippen LogP contribution in [0.15, 0.2) is 146 Å². The van der Waals surface area contributed by atoms with Crippen LogP contribution >= 0.6 is 0 Å². The fourth-order valence-electron chi connectivity index (χ4n) is 8.17. The highest BCUT2D eigenvalue weighted by Gasteiger charge is 2.19. The Morgan fingerprint density at radius 2 is 0.506 bits per heavy atom. The van der Waals surface area contributed by atoms with E-state index in [1.165, 1.54) is 77.0 Å². The summed E-state index contributed by atoms with van der Waals surface area (Å²) in [4.78, 5) is 38.3. The molecule has 0 aliphatic rings. The van der Waals surface area contributed by atoms with Crippen LogP contribution in [0.3, 0.4) is 0 Å². The minimum atomic E-state index is -0.813. The molecule has 0 aromatic rings. The maximum Gasteiger partial charge on any atom is 0.306 e. The molecule has 6 nitrogen and oxygen atoms in total. The molecule has 434 valence electrons. The number of esters is 3. The molecule has 0 saturated heterocycles. The smallest absolute Gasteiger partial charge is 0.306 e. The van der Waals surface area contributed by atoms with Crippen molar-refractivity contribution in [3.05, 3.63) is 146 Å². The molecule has 6 heteroatoms. The van der Waals surface area contributed by atoms with E-state index >= 15 is 0 Å². The van der Waals surface area contributed by atoms with Gasteiger partial charge in [-0.3, -0.25) is 14.4 Å². The van der Waals surface area contributed by atoms with Crippen LogP contribution in [0, 0.1) is 0 Å². The second-order valence-electron chi connectivity index (χ2n) is 20.2. The fourth-order valence-corrected chi connectivity index (χ4v) is 8.17. The maximum absolute atomic E-state index is 12.9. The Kier molecular flexibility index (Phi) is 59.9. The molecule has 0 aliphatic carbocycles. The van der Waals surface area contributed by atoms with Crippen LogP contribution in [0.1, 0.15) is 265 Å². The van der Waals surface area contributed by atoms with Crippen molar-refractivity contribution in [2.24, 2.45) is 0 Å². The number of unbranched alkanes of at least 4 members (excludes halogenated alkanes) is 20. The van der Waals surface area contributed by atoms with Crippen molar-refractivity contribution < 1.29 is 28.6 Å². The van der Waals surface area contributed by atoms with Crippen LogP contribution in [0.5, 0.6) is 0 Å². The van der Waals surface area contributed by atoms with E-state index in [-0.39, 0.29) is 31.1 Å². The van der Waals surface area contributed by atoms with Crippen LogP contribution in [0.25, 0.3) is 0 Å². The predicted molar refractivity (Wildman–Crippen MR) is 334 cm³/mol. The monoisotopic (exact) mass is 1060 g/mol. The molecule has 0 amide bonds. The first kappa shape index (κ1) is 72.3. The van der Waals surface area contributed by atoms with E-state index in [9.17, 15) is 14.4 Å². The van der Waals surface area contributed by atoms with Gasteiger partial charge in [-0.1, -0.05) is 250 Å². The van der Waals surface area contributed by atoms with Crippen LogP contribution in [0.4, 0.5) is 0 Å². The highest BCUT2D eigenvalue weighted by atomic mass is 16.6. The van der Waals surface area contributed by atoms with E-state index in [2.05, 4.69) is 167 Å². The Morgan fingerprint density at radius 1 is 0.273 bits per heavy atom. The summed E-state index contributed by atoms with van der Waals surface area (Å²) >= 11 is 0. The third kappa shape index (κ3) is 62.0. The normalized spacial score (nSPS) is 13.1. The summed E-state index contributed by atoms with van der Waals surface area (Å²) in [6.45, 7) is 6.35. The number of ether oxygens (including phenoxy) is 3. The van der Waals surface area contributed by atoms with E-state index in [0.29, 0.717) is 25.7 Å². The second-order valence-corrected chi connectivity index (χ2v) is 20.2. The molecule has 0 fully saturated rings. The van der Waals surface area contributed by atoms with Crippen molar-refractivity contribution >= 4 is 17.9 Å². The van der Waals surface area contributed by atoms with Gasteiger partial charge in [-0.25, -0.2) is 0 Å². The van der Waals surface area contributed by atoms with Crippen LogP contribution < -0.4 is 0 Å². The van der Waals surface area contributed by atoms with Gasteiger partial charge >= 0.3 is 17.9 Å². The molecule has 0 spiro atoms. The minimum absolute atomic E-state index is 0.108. The van der Waals surface area contributed by atoms with Gasteiger partial charge in [-0.05, 0) is 141 Å². The topological polar surface area (TPSA) is 78.9 Å². The van der Waals surface area contributed by atoms with Gasteiger partial charge in [0.05, 0.1) is 0 Å². The molecule has 0 aromatic carbocycles. The summed E-state index contributed by atoms with van der Waals surface area (Å²) in [6, 6.07) is 0. The lowest BCUT2D eigenvalue weighted by atomic mass is 10.1. The molecule has 0 aliphatic heterocycles. The summed E-state index contributed by atoms with van der Waals surface area (Å²) in [6.07, 6.45) is 91.3. The van der Waals surface area contributed by atoms with Crippen LogP contribution in [-0.2, 0) is 28.6 Å². The Labute approximate surface area is 474 Å². The van der Waals surface area contributed by atoms with Gasteiger partial charge in [0, 0.05) is 19.3 Å². The second kappa shape index (κ2) is 63.8. The Hall–Kier alpha value is -4.71. The van der Waals surface area contributed by atoms with Gasteiger partial charge in [0.15, 0.2) is 6.10 Å². The lowest BCUT2D eigenvalue weighted by molar-refractivity contribution is -0.167. The number of hydrogen-bond donors (Lipinski definition) is 0. The molecule has 1 atom stereocenters. The fraction of sp³-hybridized carbons (Fsp3) is 0.620. The standard InChI is InChI=1S/C71H114O6/c1-4-7-10-13-16-19-22-25-28-30-31-32-33-34-35-36-37-38-39-41-43-46-49-52-55-58-61-64-70(73)76-67-68(66-75-69(72)63-60-57-54-51-48-45-42-27-24-21-18-15-12-9-6-3)77-71(74)65-62-59-56-53-50-47-44-40-29-26-23-20-17-14-11-8-5-2/h7,9-10,12,16,18-19,21,25-29,31-32,34-35,37-38,41-43,48,51,68H,4-6,8,11,13-15,17,20,22-24,30,33,36,39-40,44-47,49-50,52-67H2,1-3H3/b10-7-,12-9-,19-16-,21-18-,28-25-,29-26-,32-31-,35-34-,38-37-,42-27-,43-41-,51-48-. The van der Waals surface area contributed by atoms with E-state index in [1.807, 2.05) is 0 Å². The van der Waals surface area contributed by atoms with Crippen molar-refractivity contribution in [2.75, 3.05) is 13.2 Å². The van der Waals surface area contributed by atoms with Gasteiger partial charge in [-0.15, -0.1) is 0 Å². The Morgan fingerprint density at radius 3 is 0.831 bits per heavy atom. The lowest BCUT2D eigenvalue weighted by Crippen LogP contribution is -2.30. The summed E-state index contributed by atoms with van der Waals surface area (Å²) in [7, 11) is 0. The Balaban J connectivity index is 4.46. The van der Waals surface area contributed by atoms with Gasteiger partial charge < -0.3 is 14.2 Å². The van der Waals surface area contributed by atoms with Crippen LogP contribution in [0.2, 0.25) is 0 Å². The lowest BCUT2D eigenvalue weighted by Gasteiger charge is -2.18. The van der Waals surface area contributed by atoms with Gasteiger partial charge in [0.1, 0.15) is 13.2 Å². The third-order valence-electron chi connectivity index (χ3n) is 12.8. The zero-order valence-corrected chi connectivity index (χ0v) is 49.7. The van der Waals surface area contributed by atoms with Gasteiger partial charge in [0.25, 0.3) is 0 Å². The highest BCUT2D eigenvalue weighted by Crippen LogP contribution is 2.14. The molecule has 0 N–H and O–H groups in total. The summed E-state index contributed by atoms with van der Waals surface area (Å²) in [5.74, 6) is -0.974. The number of hydrogen-bond acceptors (Lipinski definition) is 6. The van der Waals surface area contributed by atoms with E-state index in [1.54, 1.807) is 0 Å². The molecule has 77 heavy (non-hydrogen) atoms. The zero-order chi connectivity index (χ0) is 55.7. The average Bonchev–Trinajstić information content (AvgIpc) is 3.43. The maximum atomic E-state index is 12.9. The molecule has 0 bridgehead atoms. The number of carbonyl (C=O) groups excluding carboxylic acids is 3.